The predicted octanol–water partition coefficient (Wildman–Crippen LogP) is 2.58. The maximum Gasteiger partial charge on any atom is 0.148 e. The highest BCUT2D eigenvalue weighted by molar-refractivity contribution is 7.86. The van der Waals surface area contributed by atoms with Crippen LogP contribution >= 0.6 is 0 Å². The monoisotopic (exact) mass is 258 g/mol. The van der Waals surface area contributed by atoms with Crippen molar-refractivity contribution in [1.82, 2.24) is 0 Å². The van der Waals surface area contributed by atoms with Crippen LogP contribution in [-0.4, -0.2) is 15.2 Å². The summed E-state index contributed by atoms with van der Waals surface area (Å²) in [5.41, 5.74) is 0. The minimum atomic E-state index is -1.79. The van der Waals surface area contributed by atoms with E-state index in [9.17, 15) is 17.8 Å². The van der Waals surface area contributed by atoms with E-state index in [1.165, 1.54) is 0 Å². The lowest BCUT2D eigenvalue weighted by molar-refractivity contribution is -0.119. The molecule has 1 saturated carbocycles. The molecule has 0 N–H and O–H groups in total. The van der Waals surface area contributed by atoms with Gasteiger partial charge >= 0.3 is 0 Å². The number of rotatable bonds is 2. The molecule has 0 heterocycles. The molecule has 1 aliphatic carbocycles. The first-order valence-corrected chi connectivity index (χ1v) is 6.69. The third-order valence-electron chi connectivity index (χ3n) is 2.87. The number of carbonyl (C=O) groups is 1. The van der Waals surface area contributed by atoms with E-state index in [0.29, 0.717) is 12.8 Å². The Morgan fingerprint density at radius 3 is 2.71 bits per heavy atom. The second-order valence-electron chi connectivity index (χ2n) is 4.07. The molecule has 0 radical (unpaired) electrons. The zero-order valence-corrected chi connectivity index (χ0v) is 9.93. The summed E-state index contributed by atoms with van der Waals surface area (Å²) in [7, 11) is -1.79. The smallest absolute Gasteiger partial charge is 0.148 e. The molecule has 0 aromatic heterocycles. The van der Waals surface area contributed by atoms with E-state index in [-0.39, 0.29) is 10.7 Å². The molecule has 5 heteroatoms. The van der Waals surface area contributed by atoms with Gasteiger partial charge in [-0.1, -0.05) is 6.42 Å². The lowest BCUT2D eigenvalue weighted by Crippen LogP contribution is -2.29. The molecule has 0 bridgehead atoms. The highest BCUT2D eigenvalue weighted by atomic mass is 32.2. The second-order valence-corrected chi connectivity index (χ2v) is 5.68. The van der Waals surface area contributed by atoms with Crippen LogP contribution in [0.1, 0.15) is 25.7 Å². The Labute approximate surface area is 100 Å². The van der Waals surface area contributed by atoms with Gasteiger partial charge in [0, 0.05) is 6.42 Å². The topological polar surface area (TPSA) is 34.1 Å². The maximum absolute atomic E-state index is 13.4. The van der Waals surface area contributed by atoms with Crippen molar-refractivity contribution in [3.8, 4) is 0 Å². The fourth-order valence-electron chi connectivity index (χ4n) is 1.96. The van der Waals surface area contributed by atoms with Crippen LogP contribution in [0.4, 0.5) is 8.78 Å². The Hall–Kier alpha value is -1.10. The Bertz CT molecular complexity index is 474. The summed E-state index contributed by atoms with van der Waals surface area (Å²) in [6.07, 6.45) is 2.46. The quantitative estimate of drug-likeness (QED) is 0.817. The molecule has 0 aliphatic heterocycles. The SMILES string of the molecule is O=C1CCCCC1S(=O)c1cc(F)ccc1F. The van der Waals surface area contributed by atoms with Crippen molar-refractivity contribution >= 4 is 16.6 Å². The first-order chi connectivity index (χ1) is 8.09. The van der Waals surface area contributed by atoms with E-state index in [1.54, 1.807) is 0 Å². The Morgan fingerprint density at radius 2 is 2.00 bits per heavy atom. The first-order valence-electron chi connectivity index (χ1n) is 5.48. The summed E-state index contributed by atoms with van der Waals surface area (Å²) >= 11 is 0. The molecular formula is C12H12F2O2S. The molecule has 2 nitrogen and oxygen atoms in total. The van der Waals surface area contributed by atoms with Crippen molar-refractivity contribution in [2.24, 2.45) is 0 Å². The van der Waals surface area contributed by atoms with Gasteiger partial charge in [-0.05, 0) is 31.0 Å². The second kappa shape index (κ2) is 5.04. The predicted molar refractivity (Wildman–Crippen MR) is 60.0 cm³/mol. The average molecular weight is 258 g/mol. The molecule has 0 amide bonds. The number of hydrogen-bond donors (Lipinski definition) is 0. The lowest BCUT2D eigenvalue weighted by Gasteiger charge is -2.19. The molecule has 2 atom stereocenters. The molecular weight excluding hydrogens is 246 g/mol. The van der Waals surface area contributed by atoms with E-state index < -0.39 is 27.7 Å². The zero-order chi connectivity index (χ0) is 12.4. The van der Waals surface area contributed by atoms with Crippen molar-refractivity contribution in [2.45, 2.75) is 35.8 Å². The summed E-state index contributed by atoms with van der Waals surface area (Å²) in [4.78, 5) is 11.4. The van der Waals surface area contributed by atoms with Gasteiger partial charge in [-0.25, -0.2) is 8.78 Å². The van der Waals surface area contributed by atoms with Crippen molar-refractivity contribution in [3.05, 3.63) is 29.8 Å². The average Bonchev–Trinajstić information content (AvgIpc) is 2.32. The van der Waals surface area contributed by atoms with Gasteiger partial charge in [-0.2, -0.15) is 0 Å². The van der Waals surface area contributed by atoms with Crippen molar-refractivity contribution < 1.29 is 17.8 Å². The first kappa shape index (κ1) is 12.4. The fourth-order valence-corrected chi connectivity index (χ4v) is 3.49. The fraction of sp³-hybridized carbons (Fsp3) is 0.417. The van der Waals surface area contributed by atoms with Gasteiger partial charge in [0.1, 0.15) is 17.4 Å². The number of ketones is 1. The summed E-state index contributed by atoms with van der Waals surface area (Å²) in [5, 5.41) is -0.681. The third-order valence-corrected chi connectivity index (χ3v) is 4.63. The van der Waals surface area contributed by atoms with E-state index in [0.717, 1.165) is 31.0 Å². The summed E-state index contributed by atoms with van der Waals surface area (Å²) < 4.78 is 38.5. The standard InChI is InChI=1S/C12H12F2O2S/c13-8-5-6-9(14)12(7-8)17(16)11-4-2-1-3-10(11)15/h5-7,11H,1-4H2. The van der Waals surface area contributed by atoms with Gasteiger partial charge in [0.2, 0.25) is 0 Å². The Morgan fingerprint density at radius 1 is 1.24 bits per heavy atom. The summed E-state index contributed by atoms with van der Waals surface area (Å²) in [5.74, 6) is -1.47. The van der Waals surface area contributed by atoms with Gasteiger partial charge in [0.05, 0.1) is 20.9 Å². The van der Waals surface area contributed by atoms with Gasteiger partial charge in [0.15, 0.2) is 0 Å². The Balaban J connectivity index is 2.29. The van der Waals surface area contributed by atoms with Gasteiger partial charge in [-0.3, -0.25) is 9.00 Å². The number of Topliss-reactive ketones (excluding diaryl/α,β-unsaturated/α-hetero) is 1. The number of halogens is 2. The molecule has 17 heavy (non-hydrogen) atoms. The molecule has 0 spiro atoms. The normalized spacial score (nSPS) is 22.5. The largest absolute Gasteiger partial charge is 0.298 e. The molecule has 2 unspecified atom stereocenters. The van der Waals surface area contributed by atoms with Crippen molar-refractivity contribution in [3.63, 3.8) is 0 Å². The van der Waals surface area contributed by atoms with E-state index in [1.807, 2.05) is 0 Å². The van der Waals surface area contributed by atoms with E-state index >= 15 is 0 Å². The molecule has 1 aromatic rings. The minimum absolute atomic E-state index is 0.113. The zero-order valence-electron chi connectivity index (χ0n) is 9.12. The van der Waals surface area contributed by atoms with Crippen LogP contribution in [0.5, 0.6) is 0 Å². The molecule has 0 saturated heterocycles. The third kappa shape index (κ3) is 2.60. The Kier molecular flexibility index (Phi) is 3.66. The highest BCUT2D eigenvalue weighted by Gasteiger charge is 2.30. The van der Waals surface area contributed by atoms with Crippen LogP contribution in [0.15, 0.2) is 23.1 Å². The van der Waals surface area contributed by atoms with Gasteiger partial charge < -0.3 is 0 Å². The van der Waals surface area contributed by atoms with E-state index in [2.05, 4.69) is 0 Å². The lowest BCUT2D eigenvalue weighted by atomic mass is 9.99. The summed E-state index contributed by atoms with van der Waals surface area (Å²) in [6, 6.07) is 2.82. The van der Waals surface area contributed by atoms with E-state index in [4.69, 9.17) is 0 Å². The molecule has 1 fully saturated rings. The number of hydrogen-bond acceptors (Lipinski definition) is 2. The van der Waals surface area contributed by atoms with Crippen LogP contribution in [0.2, 0.25) is 0 Å². The van der Waals surface area contributed by atoms with Crippen LogP contribution in [0.25, 0.3) is 0 Å². The van der Waals surface area contributed by atoms with Crippen molar-refractivity contribution in [1.29, 1.82) is 0 Å². The maximum atomic E-state index is 13.4. The highest BCUT2D eigenvalue weighted by Crippen LogP contribution is 2.25. The molecule has 2 rings (SSSR count). The van der Waals surface area contributed by atoms with Crippen molar-refractivity contribution in [2.75, 3.05) is 0 Å². The van der Waals surface area contributed by atoms with Crippen LogP contribution in [0, 0.1) is 11.6 Å². The minimum Gasteiger partial charge on any atom is -0.298 e. The summed E-state index contributed by atoms with van der Waals surface area (Å²) in [6.45, 7) is 0. The number of benzene rings is 1. The van der Waals surface area contributed by atoms with Crippen LogP contribution in [-0.2, 0) is 15.6 Å². The van der Waals surface area contributed by atoms with Crippen LogP contribution in [0.3, 0.4) is 0 Å². The molecule has 1 aromatic carbocycles. The van der Waals surface area contributed by atoms with Gasteiger partial charge in [-0.15, -0.1) is 0 Å². The molecule has 1 aliphatic rings. The molecule has 92 valence electrons. The van der Waals surface area contributed by atoms with Crippen LogP contribution < -0.4 is 0 Å². The number of carbonyl (C=O) groups excluding carboxylic acids is 1. The van der Waals surface area contributed by atoms with Gasteiger partial charge in [0.25, 0.3) is 0 Å².